The van der Waals surface area contributed by atoms with Gasteiger partial charge in [-0.3, -0.25) is 0 Å². The molecule has 4 heteroatoms. The van der Waals surface area contributed by atoms with Gasteiger partial charge in [0.2, 0.25) is 0 Å². The van der Waals surface area contributed by atoms with E-state index in [-0.39, 0.29) is 0 Å². The lowest BCUT2D eigenvalue weighted by Gasteiger charge is -2.26. The summed E-state index contributed by atoms with van der Waals surface area (Å²) in [5.74, 6) is 0. The summed E-state index contributed by atoms with van der Waals surface area (Å²) in [6.07, 6.45) is 4.30. The van der Waals surface area contributed by atoms with Crippen molar-refractivity contribution in [3.63, 3.8) is 0 Å². The lowest BCUT2D eigenvalue weighted by Crippen LogP contribution is -2.09. The largest absolute Gasteiger partial charge is 0.323 e. The van der Waals surface area contributed by atoms with Crippen LogP contribution in [0.15, 0.2) is 194 Å². The zero-order valence-corrected chi connectivity index (χ0v) is 31.8. The molecule has 0 aliphatic carbocycles. The molecule has 0 saturated heterocycles. The van der Waals surface area contributed by atoms with Crippen LogP contribution in [0.3, 0.4) is 0 Å². The number of hydrogen-bond acceptors (Lipinski definition) is 3. The van der Waals surface area contributed by atoms with E-state index in [1.807, 2.05) is 22.7 Å². The second-order valence-electron chi connectivity index (χ2n) is 14.6. The Balaban J connectivity index is 0.976. The fourth-order valence-corrected chi connectivity index (χ4v) is 11.0. The highest BCUT2D eigenvalue weighted by atomic mass is 32.1. The highest BCUT2D eigenvalue weighted by Crippen LogP contribution is 2.45. The number of aromatic nitrogens is 1. The molecule has 262 valence electrons. The fraction of sp³-hybridized carbons (Fsp3) is 0. The Morgan fingerprint density at radius 1 is 0.357 bits per heavy atom. The quantitative estimate of drug-likeness (QED) is 0.170. The molecule has 0 atom stereocenters. The van der Waals surface area contributed by atoms with E-state index >= 15 is 0 Å². The number of hydrogen-bond donors (Lipinski definition) is 0. The number of fused-ring (bicyclic) bond motifs is 11. The second kappa shape index (κ2) is 12.4. The molecule has 0 saturated carbocycles. The molecule has 0 aliphatic heterocycles. The summed E-state index contributed by atoms with van der Waals surface area (Å²) in [5, 5.41) is 10.5. The monoisotopic (exact) mass is 748 g/mol. The lowest BCUT2D eigenvalue weighted by molar-refractivity contribution is 1.20. The van der Waals surface area contributed by atoms with Gasteiger partial charge in [-0.25, -0.2) is 0 Å². The van der Waals surface area contributed by atoms with Crippen LogP contribution in [0.5, 0.6) is 0 Å². The minimum absolute atomic E-state index is 1.13. The van der Waals surface area contributed by atoms with Crippen molar-refractivity contribution in [1.82, 2.24) is 4.40 Å². The molecule has 0 unspecified atom stereocenters. The van der Waals surface area contributed by atoms with Gasteiger partial charge in [0.1, 0.15) is 0 Å². The highest BCUT2D eigenvalue weighted by Gasteiger charge is 2.18. The van der Waals surface area contributed by atoms with E-state index < -0.39 is 0 Å². The molecule has 4 aromatic heterocycles. The third-order valence-electron chi connectivity index (χ3n) is 11.4. The zero-order valence-electron chi connectivity index (χ0n) is 30.2. The van der Waals surface area contributed by atoms with E-state index in [1.165, 1.54) is 89.7 Å². The number of thiophene rings is 2. The first kappa shape index (κ1) is 31.6. The molecule has 2 nitrogen and oxygen atoms in total. The van der Waals surface area contributed by atoms with E-state index in [4.69, 9.17) is 0 Å². The van der Waals surface area contributed by atoms with E-state index in [1.54, 1.807) is 0 Å². The topological polar surface area (TPSA) is 7.65 Å². The van der Waals surface area contributed by atoms with Gasteiger partial charge in [-0.1, -0.05) is 115 Å². The van der Waals surface area contributed by atoms with Crippen molar-refractivity contribution < 1.29 is 0 Å². The smallest absolute Gasteiger partial charge is 0.0476 e. The lowest BCUT2D eigenvalue weighted by atomic mass is 10.0. The first-order valence-corrected chi connectivity index (χ1v) is 20.6. The number of anilines is 3. The Morgan fingerprint density at radius 2 is 0.857 bits per heavy atom. The summed E-state index contributed by atoms with van der Waals surface area (Å²) in [6, 6.07) is 67.1. The molecule has 0 fully saturated rings. The van der Waals surface area contributed by atoms with Crippen molar-refractivity contribution in [1.29, 1.82) is 0 Å². The maximum absolute atomic E-state index is 2.43. The van der Waals surface area contributed by atoms with Crippen LogP contribution < -0.4 is 4.90 Å². The molecule has 4 heterocycles. The van der Waals surface area contributed by atoms with Crippen molar-refractivity contribution in [2.45, 2.75) is 0 Å². The van der Waals surface area contributed by atoms with Gasteiger partial charge in [0.05, 0.1) is 0 Å². The fourth-order valence-electron chi connectivity index (χ4n) is 8.67. The predicted octanol–water partition coefficient (Wildman–Crippen LogP) is 15.8. The van der Waals surface area contributed by atoms with Gasteiger partial charge >= 0.3 is 0 Å². The van der Waals surface area contributed by atoms with E-state index in [9.17, 15) is 0 Å². The maximum Gasteiger partial charge on any atom is 0.0476 e. The molecule has 0 amide bonds. The highest BCUT2D eigenvalue weighted by molar-refractivity contribution is 7.26. The van der Waals surface area contributed by atoms with Crippen LogP contribution >= 0.6 is 22.7 Å². The Hall–Kier alpha value is -6.72. The van der Waals surface area contributed by atoms with Crippen LogP contribution in [0.1, 0.15) is 0 Å². The molecular weight excluding hydrogens is 717 g/mol. The molecular formula is C52H32N2S2. The Labute approximate surface area is 331 Å². The summed E-state index contributed by atoms with van der Waals surface area (Å²) in [6.45, 7) is 0. The van der Waals surface area contributed by atoms with Gasteiger partial charge in [0.25, 0.3) is 0 Å². The molecule has 0 spiro atoms. The SMILES string of the molecule is c1ccc2c(c1)ccc1sc3cc(N(c4ccc(-c5ccc(-c6cc7ccccn7c6)cc5)cc4)c4ccc5c(c4)sc4ccc6ccccc6c45)ccc3c12. The van der Waals surface area contributed by atoms with Crippen LogP contribution in [-0.2, 0) is 0 Å². The minimum atomic E-state index is 1.13. The summed E-state index contributed by atoms with van der Waals surface area (Å²) in [7, 11) is 0. The van der Waals surface area contributed by atoms with Gasteiger partial charge < -0.3 is 9.30 Å². The standard InChI is InChI=1S/C52H32N2S2/c1-3-10-43-36(7-1)18-26-47-51(43)45-24-22-41(30-49(45)55-47)54(42-23-25-46-50(31-42)56-48-27-19-37-8-2-4-11-44(37)52(46)48)39-20-16-34(17-21-39)33-12-14-35(15-13-33)38-29-40-9-5-6-28-53(40)32-38/h1-32H. The van der Waals surface area contributed by atoms with Crippen LogP contribution in [-0.4, -0.2) is 4.40 Å². The Kier molecular flexibility index (Phi) is 7.00. The number of benzene rings is 8. The molecule has 8 aromatic carbocycles. The van der Waals surface area contributed by atoms with Gasteiger partial charge in [-0.2, -0.15) is 0 Å². The predicted molar refractivity (Wildman–Crippen MR) is 244 cm³/mol. The molecule has 56 heavy (non-hydrogen) atoms. The maximum atomic E-state index is 2.43. The van der Waals surface area contributed by atoms with Crippen LogP contribution in [0.2, 0.25) is 0 Å². The van der Waals surface area contributed by atoms with Crippen molar-refractivity contribution in [3.05, 3.63) is 194 Å². The van der Waals surface area contributed by atoms with Crippen molar-refractivity contribution in [2.24, 2.45) is 0 Å². The number of pyridine rings is 1. The van der Waals surface area contributed by atoms with Crippen LogP contribution in [0.4, 0.5) is 17.1 Å². The third-order valence-corrected chi connectivity index (χ3v) is 13.6. The third kappa shape index (κ3) is 5.00. The normalized spacial score (nSPS) is 11.9. The van der Waals surface area contributed by atoms with Crippen molar-refractivity contribution in [2.75, 3.05) is 4.90 Å². The van der Waals surface area contributed by atoms with Gasteiger partial charge in [-0.15, -0.1) is 22.7 Å². The average molecular weight is 749 g/mol. The van der Waals surface area contributed by atoms with Crippen molar-refractivity contribution in [3.8, 4) is 22.3 Å². The molecule has 0 radical (unpaired) electrons. The van der Waals surface area contributed by atoms with Gasteiger partial charge in [-0.05, 0) is 105 Å². The molecule has 0 bridgehead atoms. The van der Waals surface area contributed by atoms with Crippen molar-refractivity contribution >= 4 is 107 Å². The molecule has 12 aromatic rings. The molecule has 12 rings (SSSR count). The molecule has 0 aliphatic rings. The first-order chi connectivity index (χ1) is 27.7. The summed E-state index contributed by atoms with van der Waals surface area (Å²) < 4.78 is 7.40. The summed E-state index contributed by atoms with van der Waals surface area (Å²) in [5.41, 5.74) is 9.47. The second-order valence-corrected chi connectivity index (χ2v) is 16.8. The number of rotatable bonds is 5. The first-order valence-electron chi connectivity index (χ1n) is 19.0. The van der Waals surface area contributed by atoms with Gasteiger partial charge in [0.15, 0.2) is 0 Å². The summed E-state index contributed by atoms with van der Waals surface area (Å²) >= 11 is 3.76. The number of nitrogens with zero attached hydrogens (tertiary/aromatic N) is 2. The Morgan fingerprint density at radius 3 is 1.43 bits per heavy atom. The van der Waals surface area contributed by atoms with E-state index in [0.29, 0.717) is 0 Å². The zero-order chi connectivity index (χ0) is 36.7. The van der Waals surface area contributed by atoms with E-state index in [0.717, 1.165) is 17.1 Å². The average Bonchev–Trinajstić information content (AvgIpc) is 3.97. The molecule has 0 N–H and O–H groups in total. The van der Waals surface area contributed by atoms with E-state index in [2.05, 4.69) is 204 Å². The van der Waals surface area contributed by atoms with Gasteiger partial charge in [0, 0.05) is 80.9 Å². The van der Waals surface area contributed by atoms with Crippen LogP contribution in [0, 0.1) is 0 Å². The Bertz CT molecular complexity index is 3290. The summed E-state index contributed by atoms with van der Waals surface area (Å²) in [4.78, 5) is 2.43. The minimum Gasteiger partial charge on any atom is -0.323 e. The van der Waals surface area contributed by atoms with Crippen LogP contribution in [0.25, 0.3) is 89.7 Å².